The molecule has 0 aromatic rings. The maximum Gasteiger partial charge on any atom is 0.306 e. The molecule has 4 heteroatoms. The van der Waals surface area contributed by atoms with Crippen molar-refractivity contribution in [3.63, 3.8) is 0 Å². The average Bonchev–Trinajstić information content (AvgIpc) is 2.45. The van der Waals surface area contributed by atoms with E-state index in [0.717, 1.165) is 19.3 Å². The van der Waals surface area contributed by atoms with E-state index in [1.165, 1.54) is 0 Å². The maximum atomic E-state index is 10.8. The smallest absolute Gasteiger partial charge is 0.306 e. The second-order valence-electron chi connectivity index (χ2n) is 5.49. The van der Waals surface area contributed by atoms with Crippen LogP contribution in [0, 0.1) is 11.8 Å². The molecule has 0 aromatic carbocycles. The van der Waals surface area contributed by atoms with Crippen LogP contribution < -0.4 is 0 Å². The molecule has 0 bridgehead atoms. The molecule has 0 N–H and O–H groups in total. The fourth-order valence-electron chi connectivity index (χ4n) is 1.96. The van der Waals surface area contributed by atoms with Gasteiger partial charge in [-0.25, -0.2) is 0 Å². The molecule has 20 heavy (non-hydrogen) atoms. The van der Waals surface area contributed by atoms with Crippen LogP contribution in [0.5, 0.6) is 0 Å². The summed E-state index contributed by atoms with van der Waals surface area (Å²) in [6.07, 6.45) is 4.45. The number of hydrogen-bond acceptors (Lipinski definition) is 4. The summed E-state index contributed by atoms with van der Waals surface area (Å²) in [6, 6.07) is 0. The Morgan fingerprint density at radius 1 is 1.05 bits per heavy atom. The fourth-order valence-corrected chi connectivity index (χ4v) is 1.96. The van der Waals surface area contributed by atoms with E-state index in [-0.39, 0.29) is 18.0 Å². The fraction of sp³-hybridized carbons (Fsp3) is 0.875. The summed E-state index contributed by atoms with van der Waals surface area (Å²) < 4.78 is 9.86. The van der Waals surface area contributed by atoms with Gasteiger partial charge in [-0.05, 0) is 31.1 Å². The van der Waals surface area contributed by atoms with E-state index in [1.807, 2.05) is 13.8 Å². The lowest BCUT2D eigenvalue weighted by Gasteiger charge is -2.24. The maximum absolute atomic E-state index is 10.8. The SMILES string of the molecule is CC.CC(C)C1CCCC(=O)O1.CC1CCC(=O)OC1. The second-order valence-corrected chi connectivity index (χ2v) is 5.49. The molecule has 2 rings (SSSR count). The van der Waals surface area contributed by atoms with Crippen LogP contribution in [0.1, 0.15) is 66.7 Å². The average molecular weight is 286 g/mol. The molecule has 0 saturated carbocycles. The summed E-state index contributed by atoms with van der Waals surface area (Å²) >= 11 is 0. The highest BCUT2D eigenvalue weighted by Crippen LogP contribution is 2.19. The molecule has 2 fully saturated rings. The predicted octanol–water partition coefficient (Wildman–Crippen LogP) is 3.72. The lowest BCUT2D eigenvalue weighted by atomic mass is 9.99. The second kappa shape index (κ2) is 10.7. The van der Waals surface area contributed by atoms with Gasteiger partial charge in [0.25, 0.3) is 0 Å². The molecule has 118 valence electrons. The molecule has 0 amide bonds. The van der Waals surface area contributed by atoms with Crippen molar-refractivity contribution in [2.24, 2.45) is 11.8 Å². The first-order valence-electron chi connectivity index (χ1n) is 7.84. The minimum absolute atomic E-state index is 0.0232. The summed E-state index contributed by atoms with van der Waals surface area (Å²) in [4.78, 5) is 21.1. The molecule has 2 atom stereocenters. The number of carbonyl (C=O) groups excluding carboxylic acids is 2. The van der Waals surface area contributed by atoms with Gasteiger partial charge in [-0.3, -0.25) is 9.59 Å². The normalized spacial score (nSPS) is 25.5. The van der Waals surface area contributed by atoms with Gasteiger partial charge >= 0.3 is 11.9 Å². The Hall–Kier alpha value is -1.06. The molecule has 0 radical (unpaired) electrons. The van der Waals surface area contributed by atoms with Crippen LogP contribution in [0.25, 0.3) is 0 Å². The summed E-state index contributed by atoms with van der Waals surface area (Å²) in [5.41, 5.74) is 0. The molecular weight excluding hydrogens is 256 g/mol. The van der Waals surface area contributed by atoms with E-state index in [2.05, 4.69) is 20.8 Å². The first-order valence-corrected chi connectivity index (χ1v) is 7.84. The van der Waals surface area contributed by atoms with E-state index in [4.69, 9.17) is 9.47 Å². The summed E-state index contributed by atoms with van der Waals surface area (Å²) in [6.45, 7) is 10.9. The minimum atomic E-state index is -0.0388. The molecule has 0 spiro atoms. The van der Waals surface area contributed by atoms with E-state index < -0.39 is 0 Å². The first-order chi connectivity index (χ1) is 9.49. The van der Waals surface area contributed by atoms with Crippen molar-refractivity contribution in [2.75, 3.05) is 6.61 Å². The minimum Gasteiger partial charge on any atom is -0.465 e. The van der Waals surface area contributed by atoms with Crippen LogP contribution in [-0.2, 0) is 19.1 Å². The third-order valence-corrected chi connectivity index (χ3v) is 3.27. The Bertz CT molecular complexity index is 276. The third kappa shape index (κ3) is 8.18. The van der Waals surface area contributed by atoms with Crippen LogP contribution in [0.2, 0.25) is 0 Å². The highest BCUT2D eigenvalue weighted by Gasteiger charge is 2.22. The van der Waals surface area contributed by atoms with Gasteiger partial charge in [-0.1, -0.05) is 34.6 Å². The summed E-state index contributed by atoms with van der Waals surface area (Å²) in [7, 11) is 0. The van der Waals surface area contributed by atoms with Crippen LogP contribution in [0.4, 0.5) is 0 Å². The van der Waals surface area contributed by atoms with Gasteiger partial charge < -0.3 is 9.47 Å². The Labute approximate surface area is 123 Å². The molecule has 0 aromatic heterocycles. The number of esters is 2. The Balaban J connectivity index is 0.000000327. The number of cyclic esters (lactones) is 2. The van der Waals surface area contributed by atoms with Gasteiger partial charge in [0, 0.05) is 12.8 Å². The van der Waals surface area contributed by atoms with E-state index >= 15 is 0 Å². The van der Waals surface area contributed by atoms with Crippen molar-refractivity contribution >= 4 is 11.9 Å². The standard InChI is InChI=1S/C8H14O2.C6H10O2.C2H6/c1-6(2)7-4-3-5-8(9)10-7;1-5-2-3-6(7)8-4-5;1-2/h6-7H,3-5H2,1-2H3;5H,2-4H2,1H3;1-2H3. The van der Waals surface area contributed by atoms with Crippen molar-refractivity contribution < 1.29 is 19.1 Å². The van der Waals surface area contributed by atoms with E-state index in [9.17, 15) is 9.59 Å². The first kappa shape index (κ1) is 18.9. The Kier molecular flexibility index (Phi) is 10.1. The van der Waals surface area contributed by atoms with Gasteiger partial charge in [0.15, 0.2) is 0 Å². The highest BCUT2D eigenvalue weighted by atomic mass is 16.5. The molecular formula is C16H30O4. The third-order valence-electron chi connectivity index (χ3n) is 3.27. The van der Waals surface area contributed by atoms with Crippen LogP contribution >= 0.6 is 0 Å². The van der Waals surface area contributed by atoms with Crippen molar-refractivity contribution in [3.05, 3.63) is 0 Å². The van der Waals surface area contributed by atoms with Crippen LogP contribution in [0.15, 0.2) is 0 Å². The van der Waals surface area contributed by atoms with Crippen molar-refractivity contribution in [1.82, 2.24) is 0 Å². The number of ether oxygens (including phenoxy) is 2. The van der Waals surface area contributed by atoms with Gasteiger partial charge in [-0.2, -0.15) is 0 Å². The number of hydrogen-bond donors (Lipinski definition) is 0. The van der Waals surface area contributed by atoms with Gasteiger partial charge in [0.2, 0.25) is 0 Å². The monoisotopic (exact) mass is 286 g/mol. The van der Waals surface area contributed by atoms with Crippen molar-refractivity contribution in [1.29, 1.82) is 0 Å². The largest absolute Gasteiger partial charge is 0.465 e. The number of rotatable bonds is 1. The molecule has 2 unspecified atom stereocenters. The summed E-state index contributed by atoms with van der Waals surface area (Å²) in [5.74, 6) is 0.991. The Morgan fingerprint density at radius 2 is 1.70 bits per heavy atom. The molecule has 2 heterocycles. The molecule has 0 aliphatic carbocycles. The van der Waals surface area contributed by atoms with Crippen molar-refractivity contribution in [2.45, 2.75) is 72.8 Å². The van der Waals surface area contributed by atoms with E-state index in [1.54, 1.807) is 0 Å². The Morgan fingerprint density at radius 3 is 2.05 bits per heavy atom. The molecule has 2 aliphatic heterocycles. The van der Waals surface area contributed by atoms with Crippen LogP contribution in [0.3, 0.4) is 0 Å². The van der Waals surface area contributed by atoms with Gasteiger partial charge in [0.05, 0.1) is 6.61 Å². The highest BCUT2D eigenvalue weighted by molar-refractivity contribution is 5.70. The van der Waals surface area contributed by atoms with E-state index in [0.29, 0.717) is 31.3 Å². The van der Waals surface area contributed by atoms with Crippen LogP contribution in [-0.4, -0.2) is 24.6 Å². The quantitative estimate of drug-likeness (QED) is 0.689. The number of carbonyl (C=O) groups is 2. The van der Waals surface area contributed by atoms with Crippen molar-refractivity contribution in [3.8, 4) is 0 Å². The lowest BCUT2D eigenvalue weighted by molar-refractivity contribution is -0.156. The predicted molar refractivity (Wildman–Crippen MR) is 79.3 cm³/mol. The lowest BCUT2D eigenvalue weighted by Crippen LogP contribution is -2.27. The van der Waals surface area contributed by atoms with Gasteiger partial charge in [0.1, 0.15) is 6.10 Å². The van der Waals surface area contributed by atoms with Gasteiger partial charge in [-0.15, -0.1) is 0 Å². The zero-order valence-electron chi connectivity index (χ0n) is 13.6. The zero-order chi connectivity index (χ0) is 15.5. The molecule has 2 aliphatic rings. The molecule has 4 nitrogen and oxygen atoms in total. The topological polar surface area (TPSA) is 52.6 Å². The zero-order valence-corrected chi connectivity index (χ0v) is 13.6. The summed E-state index contributed by atoms with van der Waals surface area (Å²) in [5, 5.41) is 0. The molecule has 2 saturated heterocycles.